The largest absolute Gasteiger partial charge is 0.494 e. The maximum atomic E-state index is 13.4. The number of hydrogen-bond acceptors (Lipinski definition) is 4. The van der Waals surface area contributed by atoms with Crippen molar-refractivity contribution in [1.82, 2.24) is 0 Å². The molecular weight excluding hydrogens is 471 g/mol. The summed E-state index contributed by atoms with van der Waals surface area (Å²) in [4.78, 5) is 12.9. The van der Waals surface area contributed by atoms with E-state index in [4.69, 9.17) is 27.9 Å². The smallest absolute Gasteiger partial charge is 0.264 e. The first kappa shape index (κ1) is 23.9. The summed E-state index contributed by atoms with van der Waals surface area (Å²) < 4.78 is 33.3. The maximum Gasteiger partial charge on any atom is 0.264 e. The summed E-state index contributed by atoms with van der Waals surface area (Å²) in [7, 11) is -4.08. The Labute approximate surface area is 197 Å². The number of nitrogens with zero attached hydrogens (tertiary/aromatic N) is 1. The molecule has 3 aromatic rings. The van der Waals surface area contributed by atoms with Gasteiger partial charge >= 0.3 is 0 Å². The Bertz CT molecular complexity index is 1190. The zero-order valence-electron chi connectivity index (χ0n) is 17.5. The van der Waals surface area contributed by atoms with Crippen molar-refractivity contribution in [2.45, 2.75) is 18.7 Å². The lowest BCUT2D eigenvalue weighted by atomic mass is 10.2. The van der Waals surface area contributed by atoms with Crippen LogP contribution in [0.3, 0.4) is 0 Å². The topological polar surface area (TPSA) is 75.7 Å². The molecule has 32 heavy (non-hydrogen) atoms. The number of anilines is 2. The van der Waals surface area contributed by atoms with Crippen molar-refractivity contribution >= 4 is 50.5 Å². The number of carbonyl (C=O) groups is 1. The van der Waals surface area contributed by atoms with Gasteiger partial charge in [0.15, 0.2) is 0 Å². The van der Waals surface area contributed by atoms with Gasteiger partial charge in [0, 0.05) is 21.8 Å². The fourth-order valence-corrected chi connectivity index (χ4v) is 4.92. The van der Waals surface area contributed by atoms with Gasteiger partial charge in [-0.05, 0) is 56.3 Å². The fourth-order valence-electron chi connectivity index (χ4n) is 3.00. The molecule has 0 radical (unpaired) electrons. The van der Waals surface area contributed by atoms with Crippen molar-refractivity contribution in [3.8, 4) is 5.75 Å². The molecule has 0 aliphatic carbocycles. The molecule has 3 rings (SSSR count). The molecule has 0 fully saturated rings. The van der Waals surface area contributed by atoms with E-state index in [0.29, 0.717) is 18.0 Å². The predicted molar refractivity (Wildman–Crippen MR) is 128 cm³/mol. The van der Waals surface area contributed by atoms with Crippen LogP contribution < -0.4 is 14.4 Å². The quantitative estimate of drug-likeness (QED) is 0.448. The summed E-state index contributed by atoms with van der Waals surface area (Å²) in [6, 6.07) is 17.6. The second kappa shape index (κ2) is 10.3. The highest BCUT2D eigenvalue weighted by Gasteiger charge is 2.28. The Balaban J connectivity index is 1.94. The minimum atomic E-state index is -4.08. The summed E-state index contributed by atoms with van der Waals surface area (Å²) in [5.74, 6) is 0.0569. The number of rotatable bonds is 8. The first-order chi connectivity index (χ1) is 15.2. The molecule has 3 aromatic carbocycles. The van der Waals surface area contributed by atoms with Gasteiger partial charge in [0.25, 0.3) is 10.0 Å². The molecule has 0 aromatic heterocycles. The van der Waals surface area contributed by atoms with E-state index in [2.05, 4.69) is 5.32 Å². The first-order valence-electron chi connectivity index (χ1n) is 9.77. The Morgan fingerprint density at radius 3 is 2.28 bits per heavy atom. The summed E-state index contributed by atoms with van der Waals surface area (Å²) in [5.41, 5.74) is 1.58. The standard InChI is InChI=1S/C23H22Cl2N2O4S/c1-3-31-21-6-4-5-19(14-21)26-23(28)15-27(20-12-17(24)11-18(25)13-20)32(29,30)22-9-7-16(2)8-10-22/h4-14H,3,15H2,1-2H3,(H,26,28). The molecule has 6 nitrogen and oxygen atoms in total. The Morgan fingerprint density at radius 2 is 1.66 bits per heavy atom. The second-order valence-electron chi connectivity index (χ2n) is 6.96. The number of benzene rings is 3. The first-order valence-corrected chi connectivity index (χ1v) is 12.0. The monoisotopic (exact) mass is 492 g/mol. The van der Waals surface area contributed by atoms with Crippen molar-refractivity contribution in [2.24, 2.45) is 0 Å². The number of aryl methyl sites for hydroxylation is 1. The van der Waals surface area contributed by atoms with Crippen LogP contribution in [0.5, 0.6) is 5.75 Å². The lowest BCUT2D eigenvalue weighted by molar-refractivity contribution is -0.114. The summed E-state index contributed by atoms with van der Waals surface area (Å²) in [5, 5.41) is 3.21. The maximum absolute atomic E-state index is 13.4. The second-order valence-corrected chi connectivity index (χ2v) is 9.70. The highest BCUT2D eigenvalue weighted by Crippen LogP contribution is 2.30. The van der Waals surface area contributed by atoms with Crippen molar-refractivity contribution in [2.75, 3.05) is 22.8 Å². The van der Waals surface area contributed by atoms with Gasteiger partial charge in [-0.15, -0.1) is 0 Å². The van der Waals surface area contributed by atoms with Crippen LogP contribution in [0, 0.1) is 6.92 Å². The summed E-state index contributed by atoms with van der Waals surface area (Å²) in [6.07, 6.45) is 0. The van der Waals surface area contributed by atoms with Crippen molar-refractivity contribution in [3.63, 3.8) is 0 Å². The molecule has 0 bridgehead atoms. The van der Waals surface area contributed by atoms with Gasteiger partial charge in [-0.3, -0.25) is 9.10 Å². The van der Waals surface area contributed by atoms with Gasteiger partial charge in [-0.1, -0.05) is 47.0 Å². The number of hydrogen-bond donors (Lipinski definition) is 1. The van der Waals surface area contributed by atoms with Crippen LogP contribution in [0.2, 0.25) is 10.0 Å². The molecule has 1 N–H and O–H groups in total. The lowest BCUT2D eigenvalue weighted by Crippen LogP contribution is -2.38. The van der Waals surface area contributed by atoms with Crippen LogP contribution in [0.15, 0.2) is 71.6 Å². The van der Waals surface area contributed by atoms with E-state index >= 15 is 0 Å². The Hall–Kier alpha value is -2.74. The van der Waals surface area contributed by atoms with E-state index in [1.54, 1.807) is 36.4 Å². The zero-order valence-corrected chi connectivity index (χ0v) is 19.8. The summed E-state index contributed by atoms with van der Waals surface area (Å²) >= 11 is 12.2. The number of carbonyl (C=O) groups excluding carboxylic acids is 1. The van der Waals surface area contributed by atoms with Crippen molar-refractivity contribution in [1.29, 1.82) is 0 Å². The molecular formula is C23H22Cl2N2O4S. The van der Waals surface area contributed by atoms with E-state index in [9.17, 15) is 13.2 Å². The molecule has 0 aliphatic heterocycles. The molecule has 9 heteroatoms. The van der Waals surface area contributed by atoms with Crippen LogP contribution in [0.1, 0.15) is 12.5 Å². The molecule has 1 amide bonds. The van der Waals surface area contributed by atoms with E-state index < -0.39 is 22.5 Å². The molecule has 0 spiro atoms. The molecule has 0 heterocycles. The third-order valence-corrected chi connectivity index (χ3v) is 6.68. The minimum absolute atomic E-state index is 0.0466. The minimum Gasteiger partial charge on any atom is -0.494 e. The SMILES string of the molecule is CCOc1cccc(NC(=O)CN(c2cc(Cl)cc(Cl)c2)S(=O)(=O)c2ccc(C)cc2)c1. The molecule has 0 aliphatic rings. The van der Waals surface area contributed by atoms with Crippen molar-refractivity contribution in [3.05, 3.63) is 82.3 Å². The van der Waals surface area contributed by atoms with Crippen LogP contribution in [0.4, 0.5) is 11.4 Å². The number of amides is 1. The van der Waals surface area contributed by atoms with Gasteiger partial charge in [0.2, 0.25) is 5.91 Å². The molecule has 168 valence electrons. The van der Waals surface area contributed by atoms with Crippen LogP contribution in [0.25, 0.3) is 0 Å². The number of halogens is 2. The van der Waals surface area contributed by atoms with E-state index in [0.717, 1.165) is 9.87 Å². The highest BCUT2D eigenvalue weighted by atomic mass is 35.5. The lowest BCUT2D eigenvalue weighted by Gasteiger charge is -2.24. The molecule has 0 atom stereocenters. The van der Waals surface area contributed by atoms with E-state index in [-0.39, 0.29) is 20.6 Å². The molecule has 0 saturated heterocycles. The van der Waals surface area contributed by atoms with Crippen LogP contribution >= 0.6 is 23.2 Å². The van der Waals surface area contributed by atoms with Gasteiger partial charge < -0.3 is 10.1 Å². The number of sulfonamides is 1. The van der Waals surface area contributed by atoms with Gasteiger partial charge in [-0.25, -0.2) is 8.42 Å². The third-order valence-electron chi connectivity index (χ3n) is 4.46. The summed E-state index contributed by atoms with van der Waals surface area (Å²) in [6.45, 7) is 3.71. The Kier molecular flexibility index (Phi) is 7.66. The highest BCUT2D eigenvalue weighted by molar-refractivity contribution is 7.92. The van der Waals surface area contributed by atoms with Crippen molar-refractivity contribution < 1.29 is 17.9 Å². The van der Waals surface area contributed by atoms with Crippen LogP contribution in [-0.2, 0) is 14.8 Å². The van der Waals surface area contributed by atoms with Crippen LogP contribution in [-0.4, -0.2) is 27.5 Å². The predicted octanol–water partition coefficient (Wildman–Crippen LogP) is 5.53. The van der Waals surface area contributed by atoms with E-state index in [1.807, 2.05) is 13.8 Å². The van der Waals surface area contributed by atoms with Gasteiger partial charge in [0.05, 0.1) is 17.2 Å². The molecule has 0 unspecified atom stereocenters. The molecule has 0 saturated carbocycles. The van der Waals surface area contributed by atoms with Gasteiger partial charge in [-0.2, -0.15) is 0 Å². The average Bonchev–Trinajstić information content (AvgIpc) is 2.72. The number of nitrogens with one attached hydrogen (secondary N) is 1. The van der Waals surface area contributed by atoms with E-state index in [1.165, 1.54) is 30.3 Å². The fraction of sp³-hybridized carbons (Fsp3) is 0.174. The zero-order chi connectivity index (χ0) is 23.3. The number of ether oxygens (including phenoxy) is 1. The normalized spacial score (nSPS) is 11.1. The average molecular weight is 493 g/mol. The van der Waals surface area contributed by atoms with Gasteiger partial charge in [0.1, 0.15) is 12.3 Å². The third kappa shape index (κ3) is 5.94. The Morgan fingerprint density at radius 1 is 1.00 bits per heavy atom.